The van der Waals surface area contributed by atoms with Gasteiger partial charge in [0.15, 0.2) is 5.78 Å². The summed E-state index contributed by atoms with van der Waals surface area (Å²) in [5, 5.41) is 20.3. The van der Waals surface area contributed by atoms with Gasteiger partial charge in [0, 0.05) is 6.07 Å². The fourth-order valence-electron chi connectivity index (χ4n) is 6.70. The molecule has 1 fully saturated rings. The van der Waals surface area contributed by atoms with Gasteiger partial charge in [0.05, 0.1) is 24.3 Å². The van der Waals surface area contributed by atoms with Gasteiger partial charge >= 0.3 is 0 Å². The van der Waals surface area contributed by atoms with Crippen molar-refractivity contribution in [3.05, 3.63) is 108 Å². The van der Waals surface area contributed by atoms with Crippen LogP contribution >= 0.6 is 0 Å². The molecule has 4 aromatic carbocycles. The van der Waals surface area contributed by atoms with Crippen molar-refractivity contribution >= 4 is 5.78 Å². The summed E-state index contributed by atoms with van der Waals surface area (Å²) < 4.78 is 11.8. The van der Waals surface area contributed by atoms with Gasteiger partial charge in [-0.05, 0) is 116 Å². The molecule has 1 aliphatic carbocycles. The number of rotatable bonds is 17. The Hall–Kier alpha value is -4.25. The van der Waals surface area contributed by atoms with E-state index in [0.29, 0.717) is 19.0 Å². The Kier molecular flexibility index (Phi) is 12.8. The van der Waals surface area contributed by atoms with Gasteiger partial charge in [0.1, 0.15) is 23.0 Å². The first-order valence-corrected chi connectivity index (χ1v) is 17.6. The lowest BCUT2D eigenvalue weighted by Crippen LogP contribution is -2.13. The molecule has 0 radical (unpaired) electrons. The number of carbonyl (C=O) groups excluding carboxylic acids is 1. The Labute approximate surface area is 280 Å². The van der Waals surface area contributed by atoms with Crippen molar-refractivity contribution < 1.29 is 24.5 Å². The van der Waals surface area contributed by atoms with Gasteiger partial charge in [-0.1, -0.05) is 81.1 Å². The summed E-state index contributed by atoms with van der Waals surface area (Å²) in [4.78, 5) is 12.7. The topological polar surface area (TPSA) is 76.0 Å². The van der Waals surface area contributed by atoms with Crippen LogP contribution in [-0.2, 0) is 0 Å². The van der Waals surface area contributed by atoms with Crippen LogP contribution < -0.4 is 9.47 Å². The number of phenols is 2. The summed E-state index contributed by atoms with van der Waals surface area (Å²) >= 11 is 0. The van der Waals surface area contributed by atoms with Crippen LogP contribution in [0.25, 0.3) is 11.1 Å². The Morgan fingerprint density at radius 1 is 0.638 bits per heavy atom. The van der Waals surface area contributed by atoms with Crippen molar-refractivity contribution in [2.75, 3.05) is 13.2 Å². The van der Waals surface area contributed by atoms with E-state index in [1.807, 2.05) is 0 Å². The molecule has 0 aromatic heterocycles. The smallest absolute Gasteiger partial charge is 0.200 e. The van der Waals surface area contributed by atoms with Gasteiger partial charge in [-0.3, -0.25) is 4.79 Å². The molecule has 0 unspecified atom stereocenters. The highest BCUT2D eigenvalue weighted by atomic mass is 16.5. The zero-order valence-corrected chi connectivity index (χ0v) is 27.8. The maximum Gasteiger partial charge on any atom is 0.200 e. The Balaban J connectivity index is 0.955. The molecule has 2 N–H and O–H groups in total. The second kappa shape index (κ2) is 17.6. The van der Waals surface area contributed by atoms with Crippen molar-refractivity contribution in [3.8, 4) is 34.1 Å². The summed E-state index contributed by atoms with van der Waals surface area (Å²) in [6, 6.07) is 28.6. The normalized spacial score (nSPS) is 16.1. The largest absolute Gasteiger partial charge is 0.507 e. The third-order valence-corrected chi connectivity index (χ3v) is 9.57. The molecular formula is C42H50O5. The first-order valence-electron chi connectivity index (χ1n) is 17.6. The lowest BCUT2D eigenvalue weighted by molar-refractivity contribution is 0.103. The van der Waals surface area contributed by atoms with Gasteiger partial charge in [-0.2, -0.15) is 0 Å². The number of aromatic hydroxyl groups is 2. The minimum Gasteiger partial charge on any atom is -0.507 e. The van der Waals surface area contributed by atoms with Gasteiger partial charge in [0.2, 0.25) is 0 Å². The molecule has 1 aliphatic rings. The first kappa shape index (κ1) is 34.1. The Bertz CT molecular complexity index is 1530. The molecule has 0 atom stereocenters. The summed E-state index contributed by atoms with van der Waals surface area (Å²) in [5.74, 6) is 2.36. The first-order chi connectivity index (χ1) is 23.0. The minimum absolute atomic E-state index is 0.114. The fourth-order valence-corrected chi connectivity index (χ4v) is 6.70. The number of unbranched alkanes of at least 4 members (excludes halogenated alkanes) is 5. The average Bonchev–Trinajstić information content (AvgIpc) is 3.10. The molecule has 5 heteroatoms. The van der Waals surface area contributed by atoms with Crippen LogP contribution in [0.15, 0.2) is 91.0 Å². The third-order valence-electron chi connectivity index (χ3n) is 9.57. The molecular weight excluding hydrogens is 584 g/mol. The monoisotopic (exact) mass is 634 g/mol. The molecule has 248 valence electrons. The van der Waals surface area contributed by atoms with Crippen molar-refractivity contribution in [3.63, 3.8) is 0 Å². The van der Waals surface area contributed by atoms with Gasteiger partial charge in [-0.15, -0.1) is 0 Å². The number of ketones is 1. The summed E-state index contributed by atoms with van der Waals surface area (Å²) in [6.45, 7) is 3.49. The standard InChI is InChI=1S/C42H50O5/c1-2-3-6-11-31-14-16-32(17-15-31)33-18-20-34(21-19-33)35-22-24-36(25-23-35)46-28-9-4-5-10-29-47-37-26-27-39(41(44)30-37)42(45)38-12-7-8-13-40(38)43/h7-8,12-13,18-27,30-32,43-44H,2-6,9-11,14-17,28-29H2,1H3. The van der Waals surface area contributed by atoms with Crippen LogP contribution in [0, 0.1) is 5.92 Å². The minimum atomic E-state index is -0.435. The summed E-state index contributed by atoms with van der Waals surface area (Å²) in [5.41, 5.74) is 4.25. The van der Waals surface area contributed by atoms with Crippen LogP contribution in [0.4, 0.5) is 0 Å². The molecule has 0 saturated heterocycles. The van der Waals surface area contributed by atoms with Crippen molar-refractivity contribution in [2.45, 2.75) is 89.9 Å². The van der Waals surface area contributed by atoms with Crippen molar-refractivity contribution in [2.24, 2.45) is 5.92 Å². The predicted octanol–water partition coefficient (Wildman–Crippen LogP) is 10.9. The van der Waals surface area contributed by atoms with E-state index in [9.17, 15) is 15.0 Å². The maximum absolute atomic E-state index is 12.7. The molecule has 0 spiro atoms. The van der Waals surface area contributed by atoms with E-state index in [0.717, 1.165) is 43.3 Å². The third kappa shape index (κ3) is 9.87. The van der Waals surface area contributed by atoms with Gasteiger partial charge in [-0.25, -0.2) is 0 Å². The zero-order valence-electron chi connectivity index (χ0n) is 27.8. The van der Waals surface area contributed by atoms with Crippen LogP contribution in [0.5, 0.6) is 23.0 Å². The molecule has 4 aromatic rings. The van der Waals surface area contributed by atoms with Crippen LogP contribution in [0.3, 0.4) is 0 Å². The van der Waals surface area contributed by atoms with E-state index in [1.165, 1.54) is 92.3 Å². The Morgan fingerprint density at radius 3 is 1.87 bits per heavy atom. The summed E-state index contributed by atoms with van der Waals surface area (Å²) in [7, 11) is 0. The van der Waals surface area contributed by atoms with Crippen molar-refractivity contribution in [1.29, 1.82) is 0 Å². The van der Waals surface area contributed by atoms with E-state index in [-0.39, 0.29) is 22.6 Å². The lowest BCUT2D eigenvalue weighted by Gasteiger charge is -2.29. The highest BCUT2D eigenvalue weighted by molar-refractivity contribution is 6.12. The van der Waals surface area contributed by atoms with Gasteiger partial charge in [0.25, 0.3) is 0 Å². The molecule has 0 heterocycles. The summed E-state index contributed by atoms with van der Waals surface area (Å²) in [6.07, 6.45) is 14.9. The number of benzene rings is 4. The van der Waals surface area contributed by atoms with E-state index >= 15 is 0 Å². The molecule has 0 aliphatic heterocycles. The predicted molar refractivity (Wildman–Crippen MR) is 190 cm³/mol. The number of hydrogen-bond acceptors (Lipinski definition) is 5. The van der Waals surface area contributed by atoms with E-state index in [4.69, 9.17) is 9.47 Å². The highest BCUT2D eigenvalue weighted by Gasteiger charge is 2.22. The number of carbonyl (C=O) groups is 1. The van der Waals surface area contributed by atoms with Crippen molar-refractivity contribution in [1.82, 2.24) is 0 Å². The van der Waals surface area contributed by atoms with Crippen LogP contribution in [0.1, 0.15) is 111 Å². The fraction of sp³-hybridized carbons (Fsp3) is 0.405. The SMILES string of the molecule is CCCCCC1CCC(c2ccc(-c3ccc(OCCCCCCOc4ccc(C(=O)c5ccccc5O)c(O)c4)cc3)cc2)CC1. The van der Waals surface area contributed by atoms with E-state index < -0.39 is 5.78 Å². The van der Waals surface area contributed by atoms with Crippen LogP contribution in [-0.4, -0.2) is 29.2 Å². The molecule has 5 nitrogen and oxygen atoms in total. The second-order valence-electron chi connectivity index (χ2n) is 13.0. The van der Waals surface area contributed by atoms with Crippen LogP contribution in [0.2, 0.25) is 0 Å². The number of hydrogen-bond donors (Lipinski definition) is 2. The Morgan fingerprint density at radius 2 is 1.23 bits per heavy atom. The lowest BCUT2D eigenvalue weighted by atomic mass is 9.77. The molecule has 0 bridgehead atoms. The molecule has 1 saturated carbocycles. The number of phenolic OH excluding ortho intramolecular Hbond substituents is 2. The maximum atomic E-state index is 12.7. The molecule has 0 amide bonds. The van der Waals surface area contributed by atoms with E-state index in [1.54, 1.807) is 18.2 Å². The molecule has 47 heavy (non-hydrogen) atoms. The number of para-hydroxylation sites is 1. The van der Waals surface area contributed by atoms with Gasteiger partial charge < -0.3 is 19.7 Å². The second-order valence-corrected chi connectivity index (χ2v) is 13.0. The molecule has 5 rings (SSSR count). The highest BCUT2D eigenvalue weighted by Crippen LogP contribution is 2.38. The quantitative estimate of drug-likeness (QED) is 0.0893. The van der Waals surface area contributed by atoms with E-state index in [2.05, 4.69) is 55.5 Å². The number of ether oxygens (including phenoxy) is 2. The average molecular weight is 635 g/mol. The zero-order chi connectivity index (χ0) is 32.8.